The molecule has 0 radical (unpaired) electrons. The van der Waals surface area contributed by atoms with Gasteiger partial charge in [0, 0.05) is 11.9 Å². The lowest BCUT2D eigenvalue weighted by Gasteiger charge is -2.12. The quantitative estimate of drug-likeness (QED) is 0.633. The Morgan fingerprint density at radius 3 is 2.43 bits per heavy atom. The van der Waals surface area contributed by atoms with Crippen molar-refractivity contribution in [3.8, 4) is 0 Å². The monoisotopic (exact) mass is 400 g/mol. The van der Waals surface area contributed by atoms with Gasteiger partial charge in [0.2, 0.25) is 0 Å². The molecule has 0 fully saturated rings. The van der Waals surface area contributed by atoms with Crippen molar-refractivity contribution in [2.75, 3.05) is 0 Å². The first-order valence-corrected chi connectivity index (χ1v) is 10.1. The first kappa shape index (κ1) is 19.7. The number of amides is 1. The molecule has 3 rings (SSSR count). The molecule has 0 saturated heterocycles. The number of fused-ring (bicyclic) bond motifs is 1. The zero-order valence-electron chi connectivity index (χ0n) is 15.7. The molecule has 0 aliphatic heterocycles. The second kappa shape index (κ2) is 7.53. The van der Waals surface area contributed by atoms with Crippen molar-refractivity contribution < 1.29 is 13.2 Å². The molecule has 0 atom stereocenters. The van der Waals surface area contributed by atoms with Crippen LogP contribution in [-0.4, -0.2) is 24.1 Å². The molecular weight excluding hydrogens is 380 g/mol. The molecule has 1 heterocycles. The summed E-state index contributed by atoms with van der Waals surface area (Å²) in [6.07, 6.45) is 0. The van der Waals surface area contributed by atoms with Crippen LogP contribution in [0.25, 0.3) is 10.8 Å². The van der Waals surface area contributed by atoms with E-state index >= 15 is 0 Å². The molecule has 0 aliphatic carbocycles. The molecule has 0 bridgehead atoms. The number of sulfonamides is 1. The number of hydrogen-bond acceptors (Lipinski definition) is 5. The van der Waals surface area contributed by atoms with Gasteiger partial charge >= 0.3 is 0 Å². The van der Waals surface area contributed by atoms with Gasteiger partial charge < -0.3 is 0 Å². The standard InChI is InChI=1S/C19H20N4O4S/c1-4-23-19(25)15-8-6-5-7-14(15)17(21-23)18(24)20-22-28(26,27)16-10-9-12(2)11-13(16)3/h5-11,22H,4H2,1-3H3,(H,20,24). The first-order valence-electron chi connectivity index (χ1n) is 8.64. The zero-order chi connectivity index (χ0) is 20.5. The summed E-state index contributed by atoms with van der Waals surface area (Å²) in [6.45, 7) is 5.54. The third kappa shape index (κ3) is 3.67. The Morgan fingerprint density at radius 2 is 1.79 bits per heavy atom. The summed E-state index contributed by atoms with van der Waals surface area (Å²) >= 11 is 0. The summed E-state index contributed by atoms with van der Waals surface area (Å²) in [5.74, 6) is -0.758. The number of aromatic nitrogens is 2. The number of carbonyl (C=O) groups excluding carboxylic acids is 1. The van der Waals surface area contributed by atoms with Crippen LogP contribution in [0.2, 0.25) is 0 Å². The van der Waals surface area contributed by atoms with Crippen LogP contribution < -0.4 is 15.8 Å². The van der Waals surface area contributed by atoms with Gasteiger partial charge in [0.15, 0.2) is 5.69 Å². The fraction of sp³-hybridized carbons (Fsp3) is 0.211. The first-order chi connectivity index (χ1) is 13.2. The average Bonchev–Trinajstić information content (AvgIpc) is 2.66. The molecule has 1 aromatic heterocycles. The molecule has 2 N–H and O–H groups in total. The fourth-order valence-electron chi connectivity index (χ4n) is 2.95. The predicted octanol–water partition coefficient (Wildman–Crippen LogP) is 1.66. The highest BCUT2D eigenvalue weighted by molar-refractivity contribution is 7.89. The summed E-state index contributed by atoms with van der Waals surface area (Å²) in [6, 6.07) is 11.5. The van der Waals surface area contributed by atoms with Crippen LogP contribution in [0.1, 0.15) is 28.5 Å². The number of hydrazine groups is 1. The molecular formula is C19H20N4O4S. The minimum absolute atomic E-state index is 0.0413. The summed E-state index contributed by atoms with van der Waals surface area (Å²) in [5.41, 5.74) is 3.32. The highest BCUT2D eigenvalue weighted by Gasteiger charge is 2.21. The van der Waals surface area contributed by atoms with Crippen molar-refractivity contribution in [2.24, 2.45) is 0 Å². The molecule has 1 amide bonds. The average molecular weight is 400 g/mol. The second-order valence-electron chi connectivity index (χ2n) is 6.34. The fourth-order valence-corrected chi connectivity index (χ4v) is 4.01. The topological polar surface area (TPSA) is 110 Å². The van der Waals surface area contributed by atoms with Crippen LogP contribution >= 0.6 is 0 Å². The van der Waals surface area contributed by atoms with E-state index in [-0.39, 0.29) is 22.7 Å². The third-order valence-electron chi connectivity index (χ3n) is 4.30. The van der Waals surface area contributed by atoms with E-state index in [1.165, 1.54) is 6.07 Å². The van der Waals surface area contributed by atoms with Crippen molar-refractivity contribution in [3.63, 3.8) is 0 Å². The SMILES string of the molecule is CCn1nc(C(=O)NNS(=O)(=O)c2ccc(C)cc2C)c2ccccc2c1=O. The Bertz CT molecular complexity index is 1230. The van der Waals surface area contributed by atoms with E-state index in [1.54, 1.807) is 50.2 Å². The Kier molecular flexibility index (Phi) is 5.30. The number of rotatable bonds is 5. The molecule has 2 aromatic carbocycles. The van der Waals surface area contributed by atoms with Crippen LogP contribution in [0, 0.1) is 13.8 Å². The summed E-state index contributed by atoms with van der Waals surface area (Å²) in [7, 11) is -3.97. The molecule has 0 spiro atoms. The number of aryl methyl sites for hydroxylation is 3. The maximum atomic E-state index is 12.6. The molecule has 0 saturated carbocycles. The van der Waals surface area contributed by atoms with Crippen LogP contribution in [0.3, 0.4) is 0 Å². The maximum absolute atomic E-state index is 12.6. The zero-order valence-corrected chi connectivity index (χ0v) is 16.5. The van der Waals surface area contributed by atoms with Crippen LogP contribution in [0.4, 0.5) is 0 Å². The maximum Gasteiger partial charge on any atom is 0.287 e. The minimum Gasteiger partial charge on any atom is -0.272 e. The van der Waals surface area contributed by atoms with E-state index in [1.807, 2.05) is 6.92 Å². The highest BCUT2D eigenvalue weighted by Crippen LogP contribution is 2.16. The van der Waals surface area contributed by atoms with E-state index in [2.05, 4.69) is 15.4 Å². The van der Waals surface area contributed by atoms with Gasteiger partial charge in [0.1, 0.15) is 0 Å². The van der Waals surface area contributed by atoms with Gasteiger partial charge in [0.05, 0.1) is 10.3 Å². The lowest BCUT2D eigenvalue weighted by Crippen LogP contribution is -2.42. The van der Waals surface area contributed by atoms with Gasteiger partial charge in [-0.25, -0.2) is 13.1 Å². The summed E-state index contributed by atoms with van der Waals surface area (Å²) in [4.78, 5) is 27.2. The smallest absolute Gasteiger partial charge is 0.272 e. The third-order valence-corrected chi connectivity index (χ3v) is 5.71. The molecule has 0 aliphatic rings. The molecule has 146 valence electrons. The molecule has 8 nitrogen and oxygen atoms in total. The predicted molar refractivity (Wildman–Crippen MR) is 105 cm³/mol. The molecule has 9 heteroatoms. The lowest BCUT2D eigenvalue weighted by molar-refractivity contribution is 0.0939. The van der Waals surface area contributed by atoms with E-state index in [0.717, 1.165) is 10.2 Å². The number of hydrogen-bond donors (Lipinski definition) is 2. The van der Waals surface area contributed by atoms with Crippen molar-refractivity contribution in [1.82, 2.24) is 20.0 Å². The molecule has 0 unspecified atom stereocenters. The van der Waals surface area contributed by atoms with E-state index < -0.39 is 15.9 Å². The van der Waals surface area contributed by atoms with Crippen LogP contribution in [-0.2, 0) is 16.6 Å². The van der Waals surface area contributed by atoms with E-state index in [4.69, 9.17) is 0 Å². The summed E-state index contributed by atoms with van der Waals surface area (Å²) < 4.78 is 26.2. The normalized spacial score (nSPS) is 11.5. The highest BCUT2D eigenvalue weighted by atomic mass is 32.2. The van der Waals surface area contributed by atoms with Gasteiger partial charge in [0.25, 0.3) is 21.5 Å². The van der Waals surface area contributed by atoms with E-state index in [0.29, 0.717) is 16.3 Å². The molecule has 28 heavy (non-hydrogen) atoms. The Balaban J connectivity index is 1.94. The van der Waals surface area contributed by atoms with E-state index in [9.17, 15) is 18.0 Å². The summed E-state index contributed by atoms with van der Waals surface area (Å²) in [5, 5.41) is 4.76. The van der Waals surface area contributed by atoms with Gasteiger partial charge in [-0.15, -0.1) is 4.83 Å². The number of carbonyl (C=O) groups is 1. The number of nitrogens with one attached hydrogen (secondary N) is 2. The van der Waals surface area contributed by atoms with Crippen molar-refractivity contribution in [3.05, 3.63) is 69.6 Å². The number of benzene rings is 2. The van der Waals surface area contributed by atoms with Gasteiger partial charge in [-0.05, 0) is 38.5 Å². The Morgan fingerprint density at radius 1 is 1.11 bits per heavy atom. The Hall–Kier alpha value is -3.04. The Labute approximate surface area is 162 Å². The van der Waals surface area contributed by atoms with Crippen molar-refractivity contribution in [2.45, 2.75) is 32.2 Å². The van der Waals surface area contributed by atoms with Gasteiger partial charge in [-0.3, -0.25) is 15.0 Å². The van der Waals surface area contributed by atoms with Crippen LogP contribution in [0.5, 0.6) is 0 Å². The van der Waals surface area contributed by atoms with Gasteiger partial charge in [-0.1, -0.05) is 35.9 Å². The lowest BCUT2D eigenvalue weighted by atomic mass is 10.1. The minimum atomic E-state index is -3.97. The van der Waals surface area contributed by atoms with Crippen molar-refractivity contribution >= 4 is 26.7 Å². The number of nitrogens with zero attached hydrogens (tertiary/aromatic N) is 2. The second-order valence-corrected chi connectivity index (χ2v) is 7.99. The van der Waals surface area contributed by atoms with Crippen LogP contribution in [0.15, 0.2) is 52.2 Å². The van der Waals surface area contributed by atoms with Crippen molar-refractivity contribution in [1.29, 1.82) is 0 Å². The molecule has 3 aromatic rings. The largest absolute Gasteiger partial charge is 0.287 e. The van der Waals surface area contributed by atoms with Gasteiger partial charge in [-0.2, -0.15) is 5.10 Å².